The molecule has 16 heavy (non-hydrogen) atoms. The van der Waals surface area contributed by atoms with E-state index in [2.05, 4.69) is 0 Å². The molecule has 1 saturated carbocycles. The molecule has 2 atom stereocenters. The Kier molecular flexibility index (Phi) is 2.58. The second-order valence-corrected chi connectivity index (χ2v) is 3.96. The minimum atomic E-state index is -4.32. The third-order valence-corrected chi connectivity index (χ3v) is 2.80. The fourth-order valence-corrected chi connectivity index (χ4v) is 1.77. The molecule has 0 radical (unpaired) electrons. The van der Waals surface area contributed by atoms with Gasteiger partial charge in [-0.3, -0.25) is 0 Å². The zero-order valence-electron chi connectivity index (χ0n) is 8.71. The minimum absolute atomic E-state index is 0.00255. The van der Waals surface area contributed by atoms with Crippen LogP contribution in [0.25, 0.3) is 0 Å². The van der Waals surface area contributed by atoms with E-state index in [1.165, 1.54) is 13.2 Å². The quantitative estimate of drug-likeness (QED) is 0.848. The molecule has 5 heteroatoms. The van der Waals surface area contributed by atoms with E-state index in [-0.39, 0.29) is 12.0 Å². The molecule has 1 fully saturated rings. The van der Waals surface area contributed by atoms with Crippen LogP contribution in [0.1, 0.15) is 23.5 Å². The molecule has 1 aliphatic carbocycles. The number of benzene rings is 1. The summed E-state index contributed by atoms with van der Waals surface area (Å²) in [6.07, 6.45) is -3.60. The molecule has 0 spiro atoms. The number of hydrogen-bond acceptors (Lipinski definition) is 2. The van der Waals surface area contributed by atoms with Gasteiger partial charge in [-0.25, -0.2) is 0 Å². The van der Waals surface area contributed by atoms with E-state index in [0.717, 1.165) is 18.6 Å². The second-order valence-electron chi connectivity index (χ2n) is 3.96. The Bertz CT molecular complexity index is 403. The number of alkyl halides is 3. The van der Waals surface area contributed by atoms with Gasteiger partial charge in [-0.2, -0.15) is 13.2 Å². The first-order chi connectivity index (χ1) is 7.43. The highest BCUT2D eigenvalue weighted by atomic mass is 19.4. The smallest absolute Gasteiger partial charge is 0.416 e. The zero-order valence-corrected chi connectivity index (χ0v) is 8.71. The van der Waals surface area contributed by atoms with Crippen molar-refractivity contribution in [3.8, 4) is 5.75 Å². The summed E-state index contributed by atoms with van der Waals surface area (Å²) in [6.45, 7) is 0. The van der Waals surface area contributed by atoms with Gasteiger partial charge >= 0.3 is 6.18 Å². The molecule has 0 unspecified atom stereocenters. The van der Waals surface area contributed by atoms with Crippen LogP contribution in [0, 0.1) is 0 Å². The summed E-state index contributed by atoms with van der Waals surface area (Å²) in [5.74, 6) is 0.475. The monoisotopic (exact) mass is 231 g/mol. The van der Waals surface area contributed by atoms with Crippen LogP contribution in [-0.4, -0.2) is 13.2 Å². The van der Waals surface area contributed by atoms with Gasteiger partial charge in [-0.15, -0.1) is 0 Å². The molecule has 88 valence electrons. The van der Waals surface area contributed by atoms with Gasteiger partial charge in [0.25, 0.3) is 0 Å². The number of methoxy groups -OCH3 is 1. The molecule has 1 aromatic rings. The predicted octanol–water partition coefficient (Wildman–Crippen LogP) is 2.53. The van der Waals surface area contributed by atoms with Crippen LogP contribution >= 0.6 is 0 Å². The molecule has 1 aliphatic rings. The molecule has 2 nitrogen and oxygen atoms in total. The number of nitrogens with two attached hydrogens (primary N) is 1. The fourth-order valence-electron chi connectivity index (χ4n) is 1.77. The highest BCUT2D eigenvalue weighted by Crippen LogP contribution is 2.45. The molecule has 2 rings (SSSR count). The lowest BCUT2D eigenvalue weighted by Crippen LogP contribution is -2.07. The van der Waals surface area contributed by atoms with E-state index in [4.69, 9.17) is 10.5 Å². The molecular weight excluding hydrogens is 219 g/mol. The van der Waals surface area contributed by atoms with Gasteiger partial charge in [0.1, 0.15) is 5.75 Å². The molecule has 0 saturated heterocycles. The first kappa shape index (κ1) is 11.3. The van der Waals surface area contributed by atoms with E-state index in [0.29, 0.717) is 11.3 Å². The van der Waals surface area contributed by atoms with Gasteiger partial charge in [0.15, 0.2) is 0 Å². The first-order valence-corrected chi connectivity index (χ1v) is 4.94. The first-order valence-electron chi connectivity index (χ1n) is 4.94. The maximum Gasteiger partial charge on any atom is 0.416 e. The van der Waals surface area contributed by atoms with Crippen molar-refractivity contribution < 1.29 is 17.9 Å². The highest BCUT2D eigenvalue weighted by Gasteiger charge is 2.39. The van der Waals surface area contributed by atoms with Crippen molar-refractivity contribution in [3.05, 3.63) is 29.3 Å². The summed E-state index contributed by atoms with van der Waals surface area (Å²) in [6, 6.07) is 3.47. The predicted molar refractivity (Wildman–Crippen MR) is 53.3 cm³/mol. The lowest BCUT2D eigenvalue weighted by atomic mass is 10.0. The van der Waals surface area contributed by atoms with E-state index in [1.54, 1.807) is 0 Å². The fraction of sp³-hybridized carbons (Fsp3) is 0.455. The molecule has 0 amide bonds. The van der Waals surface area contributed by atoms with E-state index in [1.807, 2.05) is 0 Å². The van der Waals surface area contributed by atoms with Gasteiger partial charge in [0.2, 0.25) is 0 Å². The molecular formula is C11H12F3NO. The molecule has 0 heterocycles. The summed E-state index contributed by atoms with van der Waals surface area (Å²) in [5, 5.41) is 0. The Hall–Kier alpha value is -1.23. The average Bonchev–Trinajstić information content (AvgIpc) is 2.93. The Morgan fingerprint density at radius 1 is 1.38 bits per heavy atom. The maximum absolute atomic E-state index is 12.5. The number of rotatable bonds is 2. The lowest BCUT2D eigenvalue weighted by Gasteiger charge is -2.12. The van der Waals surface area contributed by atoms with E-state index < -0.39 is 11.7 Å². The Balaban J connectivity index is 2.39. The molecule has 0 aromatic heterocycles. The summed E-state index contributed by atoms with van der Waals surface area (Å²) in [5.41, 5.74) is 5.55. The van der Waals surface area contributed by atoms with Crippen LogP contribution in [0.2, 0.25) is 0 Å². The SMILES string of the molecule is COc1ccc(C(F)(F)F)cc1[C@@H]1C[C@H]1N. The number of halogens is 3. The van der Waals surface area contributed by atoms with Crippen LogP contribution in [-0.2, 0) is 6.18 Å². The Morgan fingerprint density at radius 2 is 2.00 bits per heavy atom. The normalized spacial score (nSPS) is 24.3. The van der Waals surface area contributed by atoms with Crippen LogP contribution in [0.4, 0.5) is 13.2 Å². The third-order valence-electron chi connectivity index (χ3n) is 2.80. The van der Waals surface area contributed by atoms with Crippen LogP contribution in [0.5, 0.6) is 5.75 Å². The zero-order chi connectivity index (χ0) is 11.9. The summed E-state index contributed by atoms with van der Waals surface area (Å²) in [4.78, 5) is 0. The van der Waals surface area contributed by atoms with Crippen molar-refractivity contribution in [3.63, 3.8) is 0 Å². The Labute approximate surface area is 91.2 Å². The van der Waals surface area contributed by atoms with Gasteiger partial charge < -0.3 is 10.5 Å². The van der Waals surface area contributed by atoms with Crippen LogP contribution in [0.15, 0.2) is 18.2 Å². The van der Waals surface area contributed by atoms with Crippen LogP contribution < -0.4 is 10.5 Å². The van der Waals surface area contributed by atoms with Crippen molar-refractivity contribution in [2.45, 2.75) is 24.6 Å². The third kappa shape index (κ3) is 2.00. The lowest BCUT2D eigenvalue weighted by molar-refractivity contribution is -0.137. The van der Waals surface area contributed by atoms with Crippen LogP contribution in [0.3, 0.4) is 0 Å². The minimum Gasteiger partial charge on any atom is -0.496 e. The molecule has 0 bridgehead atoms. The van der Waals surface area contributed by atoms with Gasteiger partial charge in [0, 0.05) is 12.0 Å². The van der Waals surface area contributed by atoms with E-state index >= 15 is 0 Å². The number of ether oxygens (including phenoxy) is 1. The molecule has 0 aliphatic heterocycles. The van der Waals surface area contributed by atoms with Crippen molar-refractivity contribution in [2.75, 3.05) is 7.11 Å². The average molecular weight is 231 g/mol. The van der Waals surface area contributed by atoms with Crippen molar-refractivity contribution in [2.24, 2.45) is 5.73 Å². The van der Waals surface area contributed by atoms with Crippen molar-refractivity contribution in [1.82, 2.24) is 0 Å². The van der Waals surface area contributed by atoms with Crippen molar-refractivity contribution in [1.29, 1.82) is 0 Å². The standard InChI is InChI=1S/C11H12F3NO/c1-16-10-3-2-6(11(12,13)14)4-8(10)7-5-9(7)15/h2-4,7,9H,5,15H2,1H3/t7-,9+/m0/s1. The molecule has 1 aromatic carbocycles. The number of hydrogen-bond donors (Lipinski definition) is 1. The summed E-state index contributed by atoms with van der Waals surface area (Å²) < 4.78 is 42.6. The highest BCUT2D eigenvalue weighted by molar-refractivity contribution is 5.44. The Morgan fingerprint density at radius 3 is 2.44 bits per heavy atom. The summed E-state index contributed by atoms with van der Waals surface area (Å²) in [7, 11) is 1.44. The van der Waals surface area contributed by atoms with Gasteiger partial charge in [0.05, 0.1) is 12.7 Å². The van der Waals surface area contributed by atoms with Gasteiger partial charge in [-0.1, -0.05) is 0 Å². The van der Waals surface area contributed by atoms with Crippen molar-refractivity contribution >= 4 is 0 Å². The van der Waals surface area contributed by atoms with E-state index in [9.17, 15) is 13.2 Å². The topological polar surface area (TPSA) is 35.2 Å². The maximum atomic E-state index is 12.5. The summed E-state index contributed by atoms with van der Waals surface area (Å²) >= 11 is 0. The molecule has 2 N–H and O–H groups in total. The second kappa shape index (κ2) is 3.66. The largest absolute Gasteiger partial charge is 0.496 e. The van der Waals surface area contributed by atoms with Gasteiger partial charge in [-0.05, 0) is 30.2 Å².